The molecule has 0 aromatic carbocycles. The minimum absolute atomic E-state index is 0.643. The maximum absolute atomic E-state index is 5.40. The van der Waals surface area contributed by atoms with Crippen molar-refractivity contribution in [3.8, 4) is 0 Å². The zero-order valence-corrected chi connectivity index (χ0v) is 9.94. The Morgan fingerprint density at radius 3 is 2.54 bits per heavy atom. The van der Waals surface area contributed by atoms with E-state index >= 15 is 0 Å². The molecule has 0 heterocycles. The summed E-state index contributed by atoms with van der Waals surface area (Å²) in [6.45, 7) is 2.33. The van der Waals surface area contributed by atoms with Crippen molar-refractivity contribution in [1.82, 2.24) is 0 Å². The van der Waals surface area contributed by atoms with Crippen molar-refractivity contribution in [2.24, 2.45) is 5.41 Å². The predicted octanol–water partition coefficient (Wildman–Crippen LogP) is 2.60. The summed E-state index contributed by atoms with van der Waals surface area (Å²) >= 11 is 3.57. The zero-order chi connectivity index (χ0) is 9.57. The quantitative estimate of drug-likeness (QED) is 0.487. The van der Waals surface area contributed by atoms with Gasteiger partial charge < -0.3 is 9.47 Å². The van der Waals surface area contributed by atoms with Gasteiger partial charge in [0, 0.05) is 19.0 Å². The molecule has 1 aliphatic rings. The van der Waals surface area contributed by atoms with Gasteiger partial charge >= 0.3 is 0 Å². The topological polar surface area (TPSA) is 18.5 Å². The van der Waals surface area contributed by atoms with Crippen LogP contribution in [0.15, 0.2) is 0 Å². The number of hydrogen-bond acceptors (Lipinski definition) is 2. The van der Waals surface area contributed by atoms with E-state index in [0.29, 0.717) is 12.0 Å². The summed E-state index contributed by atoms with van der Waals surface area (Å²) in [5.41, 5.74) is 0.643. The summed E-state index contributed by atoms with van der Waals surface area (Å²) in [6.07, 6.45) is 5.30. The Labute approximate surface area is 89.1 Å². The lowest BCUT2D eigenvalue weighted by atomic mass is 10.0. The number of hydrogen-bond donors (Lipinski definition) is 0. The average Bonchev–Trinajstić information content (AvgIpc) is 2.92. The van der Waals surface area contributed by atoms with Crippen LogP contribution < -0.4 is 0 Å². The summed E-state index contributed by atoms with van der Waals surface area (Å²) in [5.74, 6) is 0. The van der Waals surface area contributed by atoms with Crippen molar-refractivity contribution < 1.29 is 9.47 Å². The highest BCUT2D eigenvalue weighted by Gasteiger charge is 2.40. The molecule has 0 bridgehead atoms. The van der Waals surface area contributed by atoms with Crippen molar-refractivity contribution in [2.45, 2.75) is 25.7 Å². The smallest absolute Gasteiger partial charge is 0.0700 e. The van der Waals surface area contributed by atoms with Crippen LogP contribution in [0, 0.1) is 5.41 Å². The Morgan fingerprint density at radius 1 is 1.23 bits per heavy atom. The third-order valence-electron chi connectivity index (χ3n) is 2.67. The molecule has 13 heavy (non-hydrogen) atoms. The molecule has 1 rings (SSSR count). The Bertz CT molecular complexity index is 135. The monoisotopic (exact) mass is 250 g/mol. The molecule has 0 spiro atoms. The average molecular weight is 251 g/mol. The second-order valence-electron chi connectivity index (χ2n) is 3.84. The van der Waals surface area contributed by atoms with Crippen molar-refractivity contribution in [1.29, 1.82) is 0 Å². The van der Waals surface area contributed by atoms with E-state index in [4.69, 9.17) is 9.47 Å². The zero-order valence-electron chi connectivity index (χ0n) is 8.35. The van der Waals surface area contributed by atoms with Gasteiger partial charge in [-0.05, 0) is 31.1 Å². The highest BCUT2D eigenvalue weighted by Crippen LogP contribution is 2.50. The standard InChI is InChI=1S/C10H19BrO2/c1-12-7-8-13-6-2-3-10(9-11)4-5-10/h2-9H2,1H3. The van der Waals surface area contributed by atoms with E-state index < -0.39 is 0 Å². The summed E-state index contributed by atoms with van der Waals surface area (Å²) in [5, 5.41) is 1.16. The van der Waals surface area contributed by atoms with E-state index in [-0.39, 0.29) is 0 Å². The van der Waals surface area contributed by atoms with Gasteiger partial charge in [-0.25, -0.2) is 0 Å². The molecule has 1 aliphatic carbocycles. The van der Waals surface area contributed by atoms with Gasteiger partial charge in [0.2, 0.25) is 0 Å². The van der Waals surface area contributed by atoms with E-state index in [2.05, 4.69) is 15.9 Å². The maximum Gasteiger partial charge on any atom is 0.0700 e. The first kappa shape index (κ1) is 11.5. The highest BCUT2D eigenvalue weighted by molar-refractivity contribution is 9.09. The molecule has 0 aromatic heterocycles. The molecule has 0 saturated heterocycles. The lowest BCUT2D eigenvalue weighted by Gasteiger charge is -2.10. The third kappa shape index (κ3) is 4.43. The summed E-state index contributed by atoms with van der Waals surface area (Å²) in [4.78, 5) is 0. The summed E-state index contributed by atoms with van der Waals surface area (Å²) < 4.78 is 10.3. The van der Waals surface area contributed by atoms with Gasteiger partial charge in [-0.1, -0.05) is 15.9 Å². The number of methoxy groups -OCH3 is 1. The lowest BCUT2D eigenvalue weighted by Crippen LogP contribution is -2.07. The molecule has 0 radical (unpaired) electrons. The Hall–Kier alpha value is 0.400. The van der Waals surface area contributed by atoms with E-state index in [0.717, 1.165) is 18.5 Å². The van der Waals surface area contributed by atoms with E-state index in [9.17, 15) is 0 Å². The Balaban J connectivity index is 1.84. The van der Waals surface area contributed by atoms with Gasteiger partial charge in [0.15, 0.2) is 0 Å². The summed E-state index contributed by atoms with van der Waals surface area (Å²) in [6, 6.07) is 0. The second-order valence-corrected chi connectivity index (χ2v) is 4.40. The van der Waals surface area contributed by atoms with Crippen molar-refractivity contribution in [3.63, 3.8) is 0 Å². The van der Waals surface area contributed by atoms with Gasteiger partial charge in [0.1, 0.15) is 0 Å². The molecular formula is C10H19BrO2. The van der Waals surface area contributed by atoms with Crippen molar-refractivity contribution in [3.05, 3.63) is 0 Å². The molecular weight excluding hydrogens is 232 g/mol. The van der Waals surface area contributed by atoms with Crippen LogP contribution in [0.4, 0.5) is 0 Å². The van der Waals surface area contributed by atoms with Gasteiger partial charge in [0.25, 0.3) is 0 Å². The van der Waals surface area contributed by atoms with Crippen LogP contribution >= 0.6 is 15.9 Å². The first-order valence-electron chi connectivity index (χ1n) is 4.96. The van der Waals surface area contributed by atoms with Crippen LogP contribution in [-0.4, -0.2) is 32.3 Å². The van der Waals surface area contributed by atoms with Crippen LogP contribution in [-0.2, 0) is 9.47 Å². The van der Waals surface area contributed by atoms with Crippen LogP contribution in [0.25, 0.3) is 0 Å². The molecule has 1 saturated carbocycles. The van der Waals surface area contributed by atoms with Gasteiger partial charge in [-0.15, -0.1) is 0 Å². The first-order chi connectivity index (χ1) is 6.33. The third-order valence-corrected chi connectivity index (χ3v) is 3.86. The van der Waals surface area contributed by atoms with Crippen LogP contribution in [0.2, 0.25) is 0 Å². The molecule has 0 aliphatic heterocycles. The molecule has 1 fully saturated rings. The van der Waals surface area contributed by atoms with E-state index in [1.807, 2.05) is 0 Å². The fourth-order valence-corrected chi connectivity index (χ4v) is 2.26. The SMILES string of the molecule is COCCOCCCC1(CBr)CC1. The number of alkyl halides is 1. The fraction of sp³-hybridized carbons (Fsp3) is 1.00. The maximum atomic E-state index is 5.40. The Kier molecular flexibility index (Phi) is 5.29. The van der Waals surface area contributed by atoms with Gasteiger partial charge in [-0.2, -0.15) is 0 Å². The second kappa shape index (κ2) is 5.99. The predicted molar refractivity (Wildman–Crippen MR) is 57.4 cm³/mol. The minimum atomic E-state index is 0.643. The van der Waals surface area contributed by atoms with Crippen molar-refractivity contribution >= 4 is 15.9 Å². The molecule has 0 unspecified atom stereocenters. The molecule has 0 atom stereocenters. The number of ether oxygens (including phenoxy) is 2. The lowest BCUT2D eigenvalue weighted by molar-refractivity contribution is 0.0671. The molecule has 78 valence electrons. The van der Waals surface area contributed by atoms with Gasteiger partial charge in [0.05, 0.1) is 13.2 Å². The minimum Gasteiger partial charge on any atom is -0.382 e. The molecule has 0 aromatic rings. The molecule has 2 nitrogen and oxygen atoms in total. The fourth-order valence-electron chi connectivity index (χ4n) is 1.42. The van der Waals surface area contributed by atoms with Crippen LogP contribution in [0.3, 0.4) is 0 Å². The number of halogens is 1. The van der Waals surface area contributed by atoms with E-state index in [1.165, 1.54) is 25.7 Å². The van der Waals surface area contributed by atoms with Crippen LogP contribution in [0.5, 0.6) is 0 Å². The molecule has 3 heteroatoms. The number of rotatable bonds is 8. The molecule has 0 amide bonds. The first-order valence-corrected chi connectivity index (χ1v) is 6.08. The largest absolute Gasteiger partial charge is 0.382 e. The highest BCUT2D eigenvalue weighted by atomic mass is 79.9. The Morgan fingerprint density at radius 2 is 2.00 bits per heavy atom. The summed E-state index contributed by atoms with van der Waals surface area (Å²) in [7, 11) is 1.70. The van der Waals surface area contributed by atoms with E-state index in [1.54, 1.807) is 7.11 Å². The van der Waals surface area contributed by atoms with Crippen LogP contribution in [0.1, 0.15) is 25.7 Å². The van der Waals surface area contributed by atoms with Gasteiger partial charge in [-0.3, -0.25) is 0 Å². The normalized spacial score (nSPS) is 18.9. The molecule has 0 N–H and O–H groups in total. The van der Waals surface area contributed by atoms with Crippen molar-refractivity contribution in [2.75, 3.05) is 32.3 Å².